The molecule has 0 aliphatic rings. The summed E-state index contributed by atoms with van der Waals surface area (Å²) < 4.78 is 0. The maximum Gasteiger partial charge on any atom is 0.130 e. The summed E-state index contributed by atoms with van der Waals surface area (Å²) >= 11 is 1.67. The molecule has 0 atom stereocenters. The van der Waals surface area contributed by atoms with Crippen LogP contribution < -0.4 is 5.32 Å². The summed E-state index contributed by atoms with van der Waals surface area (Å²) in [5.74, 6) is 0.875. The van der Waals surface area contributed by atoms with Gasteiger partial charge in [0.25, 0.3) is 0 Å². The van der Waals surface area contributed by atoms with Crippen molar-refractivity contribution in [1.29, 1.82) is 0 Å². The Morgan fingerprint density at radius 1 is 1.17 bits per heavy atom. The molecule has 4 heteroatoms. The zero-order valence-electron chi connectivity index (χ0n) is 10.9. The molecule has 0 amide bonds. The fourth-order valence-electron chi connectivity index (χ4n) is 1.70. The third kappa shape index (κ3) is 3.23. The van der Waals surface area contributed by atoms with Crippen molar-refractivity contribution in [2.45, 2.75) is 30.7 Å². The van der Waals surface area contributed by atoms with Crippen molar-refractivity contribution in [3.8, 4) is 0 Å². The molecule has 0 fully saturated rings. The Bertz CT molecular complexity index is 540. The summed E-state index contributed by atoms with van der Waals surface area (Å²) in [7, 11) is 0. The molecule has 0 aliphatic carbocycles. The van der Waals surface area contributed by atoms with Gasteiger partial charge in [0.1, 0.15) is 17.2 Å². The Hall–Kier alpha value is -1.55. The Morgan fingerprint density at radius 2 is 2.00 bits per heavy atom. The zero-order chi connectivity index (χ0) is 13.0. The number of hydrogen-bond acceptors (Lipinski definition) is 4. The molecule has 0 unspecified atom stereocenters. The average molecular weight is 259 g/mol. The molecule has 0 saturated heterocycles. The van der Waals surface area contributed by atoms with Crippen molar-refractivity contribution in [3.63, 3.8) is 0 Å². The van der Waals surface area contributed by atoms with Crippen LogP contribution in [0.4, 0.5) is 5.82 Å². The van der Waals surface area contributed by atoms with Gasteiger partial charge in [-0.1, -0.05) is 29.5 Å². The van der Waals surface area contributed by atoms with E-state index in [0.29, 0.717) is 0 Å². The number of nitrogens with one attached hydrogen (secondary N) is 1. The van der Waals surface area contributed by atoms with Gasteiger partial charge < -0.3 is 5.32 Å². The fraction of sp³-hybridized carbons (Fsp3) is 0.286. The third-order valence-corrected chi connectivity index (χ3v) is 3.66. The van der Waals surface area contributed by atoms with Gasteiger partial charge in [0.2, 0.25) is 0 Å². The minimum atomic E-state index is 0.866. The van der Waals surface area contributed by atoms with Crippen molar-refractivity contribution in [1.82, 2.24) is 9.97 Å². The average Bonchev–Trinajstić information content (AvgIpc) is 2.34. The molecular formula is C14H17N3S. The highest BCUT2D eigenvalue weighted by atomic mass is 32.2. The normalized spacial score (nSPS) is 10.4. The molecule has 18 heavy (non-hydrogen) atoms. The van der Waals surface area contributed by atoms with Crippen LogP contribution in [0.2, 0.25) is 0 Å². The molecule has 3 nitrogen and oxygen atoms in total. The molecule has 0 radical (unpaired) electrons. The van der Waals surface area contributed by atoms with E-state index in [9.17, 15) is 0 Å². The highest BCUT2D eigenvalue weighted by Crippen LogP contribution is 2.29. The van der Waals surface area contributed by atoms with E-state index in [1.54, 1.807) is 18.1 Å². The summed E-state index contributed by atoms with van der Waals surface area (Å²) in [4.78, 5) is 9.70. The summed E-state index contributed by atoms with van der Waals surface area (Å²) in [6.07, 6.45) is 1.60. The van der Waals surface area contributed by atoms with E-state index in [-0.39, 0.29) is 0 Å². The van der Waals surface area contributed by atoms with E-state index in [4.69, 9.17) is 0 Å². The molecule has 1 heterocycles. The van der Waals surface area contributed by atoms with Gasteiger partial charge in [-0.05, 0) is 32.4 Å². The van der Waals surface area contributed by atoms with Crippen LogP contribution in [0.15, 0.2) is 40.5 Å². The van der Waals surface area contributed by atoms with Gasteiger partial charge in [0.05, 0.1) is 0 Å². The van der Waals surface area contributed by atoms with E-state index in [1.807, 2.05) is 6.07 Å². The molecule has 0 spiro atoms. The van der Waals surface area contributed by atoms with Crippen LogP contribution in [0.1, 0.15) is 18.1 Å². The first kappa shape index (κ1) is 12.9. The van der Waals surface area contributed by atoms with Crippen LogP contribution in [0.5, 0.6) is 0 Å². The first-order valence-corrected chi connectivity index (χ1v) is 6.81. The van der Waals surface area contributed by atoms with Gasteiger partial charge in [-0.3, -0.25) is 0 Å². The van der Waals surface area contributed by atoms with Crippen LogP contribution in [0.3, 0.4) is 0 Å². The lowest BCUT2D eigenvalue weighted by Crippen LogP contribution is -1.99. The van der Waals surface area contributed by atoms with Crippen molar-refractivity contribution in [3.05, 3.63) is 41.7 Å². The van der Waals surface area contributed by atoms with Crippen molar-refractivity contribution >= 4 is 17.6 Å². The first-order chi connectivity index (χ1) is 8.69. The lowest BCUT2D eigenvalue weighted by Gasteiger charge is -2.07. The molecule has 1 aromatic carbocycles. The molecule has 1 aromatic heterocycles. The Balaban J connectivity index is 2.20. The lowest BCUT2D eigenvalue weighted by molar-refractivity contribution is 1.03. The zero-order valence-corrected chi connectivity index (χ0v) is 11.7. The van der Waals surface area contributed by atoms with Crippen LogP contribution in [-0.4, -0.2) is 16.5 Å². The standard InChI is InChI=1S/C14H17N3S/c1-4-15-13-8-14(17-9-16-13)18-12-6-5-10(2)7-11(12)3/h5-9H,4H2,1-3H3,(H,15,16,17). The van der Waals surface area contributed by atoms with Crippen LogP contribution in [0, 0.1) is 13.8 Å². The van der Waals surface area contributed by atoms with E-state index in [0.717, 1.165) is 17.4 Å². The molecule has 94 valence electrons. The molecule has 0 bridgehead atoms. The molecular weight excluding hydrogens is 242 g/mol. The quantitative estimate of drug-likeness (QED) is 0.850. The predicted octanol–water partition coefficient (Wildman–Crippen LogP) is 3.68. The number of rotatable bonds is 4. The SMILES string of the molecule is CCNc1cc(Sc2ccc(C)cc2C)ncn1. The molecule has 2 aromatic rings. The largest absolute Gasteiger partial charge is 0.370 e. The Kier molecular flexibility index (Phi) is 4.20. The van der Waals surface area contributed by atoms with Gasteiger partial charge in [-0.25, -0.2) is 9.97 Å². The second kappa shape index (κ2) is 5.87. The fourth-order valence-corrected chi connectivity index (χ4v) is 2.55. The summed E-state index contributed by atoms with van der Waals surface area (Å²) in [5, 5.41) is 4.16. The van der Waals surface area contributed by atoms with Gasteiger partial charge >= 0.3 is 0 Å². The Labute approximate surface area is 112 Å². The summed E-state index contributed by atoms with van der Waals surface area (Å²) in [5.41, 5.74) is 2.57. The van der Waals surface area contributed by atoms with Gasteiger partial charge in [0, 0.05) is 17.5 Å². The minimum Gasteiger partial charge on any atom is -0.370 e. The topological polar surface area (TPSA) is 37.8 Å². The lowest BCUT2D eigenvalue weighted by atomic mass is 10.2. The summed E-state index contributed by atoms with van der Waals surface area (Å²) in [6.45, 7) is 7.15. The maximum absolute atomic E-state index is 4.29. The monoisotopic (exact) mass is 259 g/mol. The van der Waals surface area contributed by atoms with Crippen molar-refractivity contribution in [2.24, 2.45) is 0 Å². The molecule has 1 N–H and O–H groups in total. The van der Waals surface area contributed by atoms with Crippen molar-refractivity contribution < 1.29 is 0 Å². The highest BCUT2D eigenvalue weighted by Gasteiger charge is 2.04. The molecule has 2 rings (SSSR count). The highest BCUT2D eigenvalue weighted by molar-refractivity contribution is 7.99. The van der Waals surface area contributed by atoms with E-state index < -0.39 is 0 Å². The number of anilines is 1. The van der Waals surface area contributed by atoms with Crippen molar-refractivity contribution in [2.75, 3.05) is 11.9 Å². The predicted molar refractivity (Wildman–Crippen MR) is 76.2 cm³/mol. The minimum absolute atomic E-state index is 0.866. The second-order valence-electron chi connectivity index (χ2n) is 4.14. The third-order valence-electron chi connectivity index (χ3n) is 2.54. The second-order valence-corrected chi connectivity index (χ2v) is 5.21. The first-order valence-electron chi connectivity index (χ1n) is 6.00. The number of aromatic nitrogens is 2. The molecule has 0 aliphatic heterocycles. The number of aryl methyl sites for hydroxylation is 2. The Morgan fingerprint density at radius 3 is 2.72 bits per heavy atom. The number of benzene rings is 1. The van der Waals surface area contributed by atoms with Crippen LogP contribution in [0.25, 0.3) is 0 Å². The maximum atomic E-state index is 4.29. The van der Waals surface area contributed by atoms with Gasteiger partial charge in [-0.2, -0.15) is 0 Å². The summed E-state index contributed by atoms with van der Waals surface area (Å²) in [6, 6.07) is 8.44. The molecule has 0 saturated carbocycles. The van der Waals surface area contributed by atoms with Crippen LogP contribution >= 0.6 is 11.8 Å². The van der Waals surface area contributed by atoms with Gasteiger partial charge in [0.15, 0.2) is 0 Å². The van der Waals surface area contributed by atoms with E-state index in [2.05, 4.69) is 54.3 Å². The van der Waals surface area contributed by atoms with E-state index in [1.165, 1.54) is 16.0 Å². The van der Waals surface area contributed by atoms with E-state index >= 15 is 0 Å². The smallest absolute Gasteiger partial charge is 0.130 e. The number of hydrogen-bond donors (Lipinski definition) is 1. The van der Waals surface area contributed by atoms with Crippen LogP contribution in [-0.2, 0) is 0 Å². The van der Waals surface area contributed by atoms with Gasteiger partial charge in [-0.15, -0.1) is 0 Å². The number of nitrogens with zero attached hydrogens (tertiary/aromatic N) is 2.